The summed E-state index contributed by atoms with van der Waals surface area (Å²) in [6.45, 7) is 8.21. The van der Waals surface area contributed by atoms with E-state index in [0.29, 0.717) is 5.92 Å². The van der Waals surface area contributed by atoms with Crippen molar-refractivity contribution in [3.8, 4) is 0 Å². The Balaban J connectivity index is 1.21. The van der Waals surface area contributed by atoms with Gasteiger partial charge in [0.05, 0.1) is 17.9 Å². The highest BCUT2D eigenvalue weighted by atomic mass is 16.4. The van der Waals surface area contributed by atoms with Crippen molar-refractivity contribution in [2.75, 3.05) is 40.3 Å². The van der Waals surface area contributed by atoms with Gasteiger partial charge in [-0.3, -0.25) is 0 Å². The quantitative estimate of drug-likeness (QED) is 0.579. The van der Waals surface area contributed by atoms with Crippen LogP contribution in [0.4, 0.5) is 4.79 Å². The minimum atomic E-state index is -0.698. The predicted molar refractivity (Wildman–Crippen MR) is 147 cm³/mol. The summed E-state index contributed by atoms with van der Waals surface area (Å²) in [5.41, 5.74) is 1.43. The van der Waals surface area contributed by atoms with E-state index in [2.05, 4.69) is 31.9 Å². The maximum atomic E-state index is 13.3. The zero-order valence-corrected chi connectivity index (χ0v) is 23.6. The summed E-state index contributed by atoms with van der Waals surface area (Å²) in [7, 11) is 4.10. The fourth-order valence-electron chi connectivity index (χ4n) is 9.45. The Bertz CT molecular complexity index is 1150. The number of allylic oxidation sites excluding steroid dienone is 1. The molecule has 7 nitrogen and oxygen atoms in total. The van der Waals surface area contributed by atoms with E-state index >= 15 is 0 Å². The van der Waals surface area contributed by atoms with Crippen molar-refractivity contribution < 1.29 is 14.3 Å². The van der Waals surface area contributed by atoms with Gasteiger partial charge in [-0.25, -0.2) is 9.59 Å². The first-order valence-corrected chi connectivity index (χ1v) is 14.8. The summed E-state index contributed by atoms with van der Waals surface area (Å²) in [4.78, 5) is 31.1. The number of urea groups is 1. The summed E-state index contributed by atoms with van der Waals surface area (Å²) in [5, 5.41) is 12.5. The van der Waals surface area contributed by atoms with Crippen LogP contribution in [0.2, 0.25) is 0 Å². The summed E-state index contributed by atoms with van der Waals surface area (Å²) >= 11 is 0. The molecule has 0 radical (unpaired) electrons. The first-order valence-electron chi connectivity index (χ1n) is 14.8. The van der Waals surface area contributed by atoms with Gasteiger partial charge >= 0.3 is 11.7 Å². The van der Waals surface area contributed by atoms with Crippen LogP contribution in [0.1, 0.15) is 76.7 Å². The predicted octanol–water partition coefficient (Wildman–Crippen LogP) is 4.47. The van der Waals surface area contributed by atoms with E-state index in [-0.39, 0.29) is 40.4 Å². The van der Waals surface area contributed by atoms with Crippen molar-refractivity contribution in [3.05, 3.63) is 46.0 Å². The Morgan fingerprint density at radius 1 is 1.03 bits per heavy atom. The number of aliphatic hydroxyl groups is 1. The molecule has 0 spiro atoms. The molecular formula is C31H45N3O4. The molecule has 0 bridgehead atoms. The Hall–Kier alpha value is -2.12. The van der Waals surface area contributed by atoms with Gasteiger partial charge in [-0.2, -0.15) is 0 Å². The third-order valence-corrected chi connectivity index (χ3v) is 12.0. The van der Waals surface area contributed by atoms with E-state index in [9.17, 15) is 14.7 Å². The van der Waals surface area contributed by atoms with E-state index in [4.69, 9.17) is 4.42 Å². The Kier molecular flexibility index (Phi) is 6.34. The first kappa shape index (κ1) is 26.1. The fourth-order valence-corrected chi connectivity index (χ4v) is 9.45. The van der Waals surface area contributed by atoms with Gasteiger partial charge in [-0.05, 0) is 93.2 Å². The monoisotopic (exact) mass is 523 g/mol. The zero-order valence-electron chi connectivity index (χ0n) is 23.6. The largest absolute Gasteiger partial charge is 0.431 e. The smallest absolute Gasteiger partial charge is 0.335 e. The Morgan fingerprint density at radius 3 is 2.50 bits per heavy atom. The van der Waals surface area contributed by atoms with Gasteiger partial charge in [0.1, 0.15) is 0 Å². The third kappa shape index (κ3) is 3.82. The number of likely N-dealkylation sites (N-methyl/N-ethyl adjacent to an activating group) is 2. The van der Waals surface area contributed by atoms with Gasteiger partial charge in [0, 0.05) is 44.7 Å². The van der Waals surface area contributed by atoms with Crippen LogP contribution in [0.15, 0.2) is 39.3 Å². The van der Waals surface area contributed by atoms with Crippen LogP contribution >= 0.6 is 0 Å². The minimum Gasteiger partial charge on any atom is -0.431 e. The number of piperazine rings is 1. The van der Waals surface area contributed by atoms with Crippen LogP contribution in [0.3, 0.4) is 0 Å². The van der Waals surface area contributed by atoms with E-state index in [0.717, 1.165) is 83.1 Å². The molecule has 4 aliphatic carbocycles. The summed E-state index contributed by atoms with van der Waals surface area (Å²) < 4.78 is 5.23. The molecule has 7 heteroatoms. The molecule has 208 valence electrons. The molecule has 6 rings (SSSR count). The number of hydrogen-bond donors (Lipinski definition) is 1. The maximum absolute atomic E-state index is 13.3. The average Bonchev–Trinajstić information content (AvgIpc) is 3.19. The molecule has 1 saturated heterocycles. The van der Waals surface area contributed by atoms with Crippen LogP contribution in [0.25, 0.3) is 0 Å². The van der Waals surface area contributed by atoms with Crippen LogP contribution in [-0.4, -0.2) is 77.8 Å². The Morgan fingerprint density at radius 2 is 1.79 bits per heavy atom. The standard InChI is InChI=1S/C31H45N3O4/c1-29-12-9-23(33(4)28(36)34-17-15-32(3)16-18-34)19-22(29)6-7-26-25(29)10-13-30(2)24(11-14-31(26,30)37)21-5-8-27(35)38-20-21/h5,8,19-20,23-26,37H,6-7,9-18H2,1-4H3/t23-,24+,25-,26+,29-,30+,31-/m0/s1. The van der Waals surface area contributed by atoms with E-state index in [1.54, 1.807) is 6.26 Å². The number of rotatable bonds is 2. The highest BCUT2D eigenvalue weighted by Crippen LogP contribution is 2.70. The molecule has 2 amide bonds. The molecule has 38 heavy (non-hydrogen) atoms. The molecule has 4 fully saturated rings. The van der Waals surface area contributed by atoms with Crippen LogP contribution in [0.5, 0.6) is 0 Å². The molecular weight excluding hydrogens is 478 g/mol. The van der Waals surface area contributed by atoms with Gasteiger partial charge in [0.2, 0.25) is 0 Å². The number of amides is 2. The SMILES string of the molecule is CN1CCN(C(=O)N(C)[C@@H]2C=C3CC[C@@H]4[C@H](CC[C@]5(C)[C@@H](c6ccc(=O)oc6)CC[C@]45O)[C@@]3(C)CC2)CC1. The maximum Gasteiger partial charge on any atom is 0.335 e. The van der Waals surface area contributed by atoms with Gasteiger partial charge in [-0.1, -0.05) is 25.5 Å². The molecule has 7 atom stereocenters. The second-order valence-electron chi connectivity index (χ2n) is 13.5. The lowest BCUT2D eigenvalue weighted by molar-refractivity contribution is -0.177. The van der Waals surface area contributed by atoms with E-state index < -0.39 is 5.60 Å². The van der Waals surface area contributed by atoms with Crippen LogP contribution in [-0.2, 0) is 0 Å². The van der Waals surface area contributed by atoms with Gasteiger partial charge in [0.15, 0.2) is 0 Å². The van der Waals surface area contributed by atoms with Crippen molar-refractivity contribution in [2.24, 2.45) is 22.7 Å². The molecule has 1 aliphatic heterocycles. The highest BCUT2D eigenvalue weighted by molar-refractivity contribution is 5.75. The van der Waals surface area contributed by atoms with Gasteiger partial charge in [0.25, 0.3) is 0 Å². The molecule has 2 heterocycles. The summed E-state index contributed by atoms with van der Waals surface area (Å²) in [5.74, 6) is 0.963. The average molecular weight is 524 g/mol. The van der Waals surface area contributed by atoms with Crippen molar-refractivity contribution in [3.63, 3.8) is 0 Å². The number of nitrogens with zero attached hydrogens (tertiary/aromatic N) is 3. The fraction of sp³-hybridized carbons (Fsp3) is 0.742. The lowest BCUT2D eigenvalue weighted by atomic mass is 9.45. The van der Waals surface area contributed by atoms with Crippen molar-refractivity contribution in [1.29, 1.82) is 0 Å². The highest BCUT2D eigenvalue weighted by Gasteiger charge is 2.66. The Labute approximate surface area is 226 Å². The van der Waals surface area contributed by atoms with Crippen LogP contribution in [0, 0.1) is 22.7 Å². The van der Waals surface area contributed by atoms with Crippen LogP contribution < -0.4 is 5.63 Å². The summed E-state index contributed by atoms with van der Waals surface area (Å²) in [6.07, 6.45) is 12.0. The lowest BCUT2D eigenvalue weighted by Crippen LogP contribution is -2.60. The molecule has 1 aromatic heterocycles. The minimum absolute atomic E-state index is 0.0891. The number of carbonyl (C=O) groups is 1. The molecule has 0 unspecified atom stereocenters. The van der Waals surface area contributed by atoms with Crippen molar-refractivity contribution in [1.82, 2.24) is 14.7 Å². The van der Waals surface area contributed by atoms with Crippen molar-refractivity contribution >= 4 is 6.03 Å². The van der Waals surface area contributed by atoms with Gasteiger partial charge in [-0.15, -0.1) is 0 Å². The zero-order chi connectivity index (χ0) is 26.9. The summed E-state index contributed by atoms with van der Waals surface area (Å²) in [6, 6.07) is 3.74. The van der Waals surface area contributed by atoms with Gasteiger partial charge < -0.3 is 24.2 Å². The second kappa shape index (κ2) is 9.22. The second-order valence-corrected chi connectivity index (χ2v) is 13.5. The van der Waals surface area contributed by atoms with E-state index in [1.807, 2.05) is 22.9 Å². The number of hydrogen-bond acceptors (Lipinski definition) is 5. The number of fused-ring (bicyclic) bond motifs is 5. The molecule has 1 aromatic rings. The number of carbonyl (C=O) groups excluding carboxylic acids is 1. The molecule has 5 aliphatic rings. The lowest BCUT2D eigenvalue weighted by Gasteiger charge is -2.62. The van der Waals surface area contributed by atoms with Crippen molar-refractivity contribution in [2.45, 2.75) is 82.8 Å². The molecule has 3 saturated carbocycles. The third-order valence-electron chi connectivity index (χ3n) is 12.0. The normalized spacial score (nSPS) is 41.1. The molecule has 0 aromatic carbocycles. The molecule has 1 N–H and O–H groups in total. The topological polar surface area (TPSA) is 77.2 Å². The van der Waals surface area contributed by atoms with E-state index in [1.165, 1.54) is 11.6 Å². The first-order chi connectivity index (χ1) is 18.1.